The van der Waals surface area contributed by atoms with E-state index < -0.39 is 18.1 Å². The number of hydrogen-bond donors (Lipinski definition) is 6. The Morgan fingerprint density at radius 3 is 0.927 bits per heavy atom. The van der Waals surface area contributed by atoms with Gasteiger partial charge in [0.1, 0.15) is 0 Å². The van der Waals surface area contributed by atoms with E-state index in [4.69, 9.17) is 17.2 Å². The van der Waals surface area contributed by atoms with E-state index in [0.29, 0.717) is 36.3 Å². The van der Waals surface area contributed by atoms with Gasteiger partial charge in [0, 0.05) is 77.9 Å². The van der Waals surface area contributed by atoms with Crippen molar-refractivity contribution in [2.24, 2.45) is 17.2 Å². The first-order valence-electron chi connectivity index (χ1n) is 17.9. The molecule has 12 nitrogen and oxygen atoms in total. The topological polar surface area (TPSA) is 204 Å². The number of carbonyl (C=O) groups is 3. The summed E-state index contributed by atoms with van der Waals surface area (Å²) in [5.74, 6) is -1.19. The fraction of sp³-hybridized carbons (Fsp3) is 0.163. The molecule has 0 bridgehead atoms. The Morgan fingerprint density at radius 2 is 0.691 bits per heavy atom. The van der Waals surface area contributed by atoms with Gasteiger partial charge in [-0.15, -0.1) is 0 Å². The second kappa shape index (κ2) is 18.4. The summed E-state index contributed by atoms with van der Waals surface area (Å²) in [6.45, 7) is 0. The molecule has 0 aliphatic heterocycles. The quantitative estimate of drug-likeness (QED) is 0.0817. The van der Waals surface area contributed by atoms with Gasteiger partial charge in [-0.25, -0.2) is 0 Å². The molecule has 278 valence electrons. The number of nitrogens with two attached hydrogens (primary N) is 3. The van der Waals surface area contributed by atoms with Gasteiger partial charge >= 0.3 is 0 Å². The summed E-state index contributed by atoms with van der Waals surface area (Å²) in [7, 11) is 0. The number of aromatic nitrogens is 3. The summed E-state index contributed by atoms with van der Waals surface area (Å²) in [4.78, 5) is 51.5. The lowest BCUT2D eigenvalue weighted by Crippen LogP contribution is -2.37. The van der Waals surface area contributed by atoms with Crippen LogP contribution in [0.15, 0.2) is 146 Å². The van der Waals surface area contributed by atoms with Crippen LogP contribution in [0.5, 0.6) is 0 Å². The van der Waals surface area contributed by atoms with E-state index in [9.17, 15) is 14.4 Å². The van der Waals surface area contributed by atoms with Crippen molar-refractivity contribution < 1.29 is 14.4 Å². The molecule has 0 saturated carbocycles. The monoisotopic (exact) mass is 733 g/mol. The fourth-order valence-corrected chi connectivity index (χ4v) is 6.07. The molecule has 0 radical (unpaired) electrons. The highest BCUT2D eigenvalue weighted by molar-refractivity contribution is 5.96. The Kier molecular flexibility index (Phi) is 12.8. The molecule has 0 aliphatic rings. The molecule has 3 amide bonds. The predicted octanol–water partition coefficient (Wildman–Crippen LogP) is 4.58. The number of benzene rings is 3. The number of pyridine rings is 3. The number of rotatable bonds is 15. The summed E-state index contributed by atoms with van der Waals surface area (Å²) in [6, 6.07) is 36.9. The van der Waals surface area contributed by atoms with Crippen molar-refractivity contribution in [3.05, 3.63) is 180 Å². The molecule has 3 heterocycles. The Hall–Kier alpha value is -6.60. The average molecular weight is 734 g/mol. The fourth-order valence-electron chi connectivity index (χ4n) is 6.07. The number of anilines is 3. The van der Waals surface area contributed by atoms with Crippen LogP contribution in [0.2, 0.25) is 0 Å². The minimum absolute atomic E-state index is 0.247. The number of amides is 3. The van der Waals surface area contributed by atoms with Crippen molar-refractivity contribution in [1.29, 1.82) is 0 Å². The highest BCUT2D eigenvalue weighted by atomic mass is 16.2. The normalized spacial score (nSPS) is 12.7. The zero-order chi connectivity index (χ0) is 38.6. The smallest absolute Gasteiger partial charge is 0.241 e. The van der Waals surface area contributed by atoms with Crippen LogP contribution in [-0.2, 0) is 33.6 Å². The summed E-state index contributed by atoms with van der Waals surface area (Å²) in [5.41, 5.74) is 25.4. The lowest BCUT2D eigenvalue weighted by molar-refractivity contribution is -0.118. The summed E-state index contributed by atoms with van der Waals surface area (Å²) < 4.78 is 0. The van der Waals surface area contributed by atoms with Gasteiger partial charge in [0.05, 0.1) is 18.1 Å². The van der Waals surface area contributed by atoms with Crippen LogP contribution >= 0.6 is 0 Å². The van der Waals surface area contributed by atoms with Gasteiger partial charge in [-0.05, 0) is 89.5 Å². The average Bonchev–Trinajstić information content (AvgIpc) is 3.21. The van der Waals surface area contributed by atoms with Gasteiger partial charge in [-0.1, -0.05) is 54.6 Å². The van der Waals surface area contributed by atoms with Crippen molar-refractivity contribution >= 4 is 34.8 Å². The molecular formula is C43H43N9O3. The highest BCUT2D eigenvalue weighted by Gasteiger charge is 2.21. The van der Waals surface area contributed by atoms with E-state index in [1.807, 2.05) is 127 Å². The second-order valence-electron chi connectivity index (χ2n) is 13.2. The molecule has 0 fully saturated rings. The van der Waals surface area contributed by atoms with Crippen molar-refractivity contribution in [2.75, 3.05) is 16.0 Å². The maximum absolute atomic E-state index is 12.9. The molecule has 6 rings (SSSR count). The van der Waals surface area contributed by atoms with E-state index in [-0.39, 0.29) is 23.6 Å². The highest BCUT2D eigenvalue weighted by Crippen LogP contribution is 2.34. The first-order valence-corrected chi connectivity index (χ1v) is 17.9. The second-order valence-corrected chi connectivity index (χ2v) is 13.2. The van der Waals surface area contributed by atoms with Crippen molar-refractivity contribution in [2.45, 2.75) is 43.3 Å². The molecule has 0 spiro atoms. The number of nitrogens with zero attached hydrogens (tertiary/aromatic N) is 3. The molecule has 12 heteroatoms. The summed E-state index contributed by atoms with van der Waals surface area (Å²) in [5, 5.41) is 8.72. The zero-order valence-electron chi connectivity index (χ0n) is 30.1. The molecule has 0 saturated heterocycles. The zero-order valence-corrected chi connectivity index (χ0v) is 30.1. The largest absolute Gasteiger partial charge is 0.325 e. The van der Waals surface area contributed by atoms with Crippen molar-refractivity contribution in [1.82, 2.24) is 15.0 Å². The first-order chi connectivity index (χ1) is 26.7. The first kappa shape index (κ1) is 38.1. The third kappa shape index (κ3) is 10.7. The predicted molar refractivity (Wildman–Crippen MR) is 214 cm³/mol. The maximum atomic E-state index is 12.9. The molecule has 3 atom stereocenters. The minimum Gasteiger partial charge on any atom is -0.325 e. The molecule has 3 aromatic carbocycles. The van der Waals surface area contributed by atoms with E-state index in [1.165, 1.54) is 0 Å². The van der Waals surface area contributed by atoms with Gasteiger partial charge in [-0.3, -0.25) is 29.3 Å². The lowest BCUT2D eigenvalue weighted by atomic mass is 9.85. The van der Waals surface area contributed by atoms with Crippen LogP contribution in [0.3, 0.4) is 0 Å². The van der Waals surface area contributed by atoms with Crippen molar-refractivity contribution in [3.8, 4) is 0 Å². The molecule has 3 aromatic heterocycles. The van der Waals surface area contributed by atoms with E-state index >= 15 is 0 Å². The minimum atomic E-state index is -0.769. The molecule has 0 aliphatic carbocycles. The third-order valence-electron chi connectivity index (χ3n) is 9.01. The van der Waals surface area contributed by atoms with Gasteiger partial charge in [0.2, 0.25) is 17.7 Å². The van der Waals surface area contributed by atoms with Gasteiger partial charge in [0.15, 0.2) is 0 Å². The SMILES string of the molecule is N[C@@H](Cc1ccccn1)C(=O)Nc1ccc(C(c2ccc(NC(=O)[C@@H](N)Cc3ccccn3)cc2)c2ccc(NC(=O)[C@@H](N)Cc3ccccn3)cc2)cc1. The van der Waals surface area contributed by atoms with Crippen LogP contribution in [-0.4, -0.2) is 50.8 Å². The van der Waals surface area contributed by atoms with Crippen LogP contribution in [0.25, 0.3) is 0 Å². The molecular weight excluding hydrogens is 691 g/mol. The Morgan fingerprint density at radius 1 is 0.418 bits per heavy atom. The van der Waals surface area contributed by atoms with E-state index in [1.54, 1.807) is 18.6 Å². The van der Waals surface area contributed by atoms with Gasteiger partial charge in [0.25, 0.3) is 0 Å². The third-order valence-corrected chi connectivity index (χ3v) is 9.01. The Balaban J connectivity index is 1.18. The molecule has 0 unspecified atom stereocenters. The molecule has 9 N–H and O–H groups in total. The van der Waals surface area contributed by atoms with Gasteiger partial charge in [-0.2, -0.15) is 0 Å². The van der Waals surface area contributed by atoms with Crippen LogP contribution in [0, 0.1) is 0 Å². The van der Waals surface area contributed by atoms with Crippen molar-refractivity contribution in [3.63, 3.8) is 0 Å². The van der Waals surface area contributed by atoms with Crippen LogP contribution in [0.4, 0.5) is 17.1 Å². The Bertz CT molecular complexity index is 1900. The van der Waals surface area contributed by atoms with E-state index in [0.717, 1.165) is 33.8 Å². The van der Waals surface area contributed by atoms with Crippen LogP contribution in [0.1, 0.15) is 39.7 Å². The number of hydrogen-bond acceptors (Lipinski definition) is 9. The maximum Gasteiger partial charge on any atom is 0.241 e. The summed E-state index contributed by atoms with van der Waals surface area (Å²) >= 11 is 0. The molecule has 6 aromatic rings. The van der Waals surface area contributed by atoms with Crippen LogP contribution < -0.4 is 33.2 Å². The molecule has 55 heavy (non-hydrogen) atoms. The number of carbonyl (C=O) groups excluding carboxylic acids is 3. The lowest BCUT2D eigenvalue weighted by Gasteiger charge is -2.21. The Labute approximate surface area is 319 Å². The van der Waals surface area contributed by atoms with E-state index in [2.05, 4.69) is 30.9 Å². The summed E-state index contributed by atoms with van der Waals surface area (Å²) in [6.07, 6.45) is 5.94. The van der Waals surface area contributed by atoms with Gasteiger partial charge < -0.3 is 33.2 Å². The number of nitrogens with one attached hydrogen (secondary N) is 3. The standard InChI is InChI=1S/C43H43N9O3/c44-37(25-34-7-1-4-22-47-34)41(53)50-31-16-10-28(11-17-31)40(29-12-18-32(19-13-29)51-42(54)38(45)26-35-8-2-5-23-48-35)30-14-20-33(21-15-30)52-43(55)39(46)27-36-9-3-6-24-49-36/h1-24,37-40H,25-27,44-46H2,(H,50,53)(H,51,54)(H,52,55)/t37-,38-,39-/m0/s1.